The number of pyridine rings is 1. The summed E-state index contributed by atoms with van der Waals surface area (Å²) in [4.78, 5) is 21.4. The Balaban J connectivity index is 1.40. The second-order valence-electron chi connectivity index (χ2n) is 5.60. The van der Waals surface area contributed by atoms with Gasteiger partial charge in [-0.15, -0.1) is 16.4 Å². The Hall–Kier alpha value is -2.45. The summed E-state index contributed by atoms with van der Waals surface area (Å²) in [5, 5.41) is 6.25. The Morgan fingerprint density at radius 1 is 1.12 bits per heavy atom. The first-order chi connectivity index (χ1) is 11.8. The number of aromatic nitrogens is 3. The molecule has 0 unspecified atom stereocenters. The van der Waals surface area contributed by atoms with E-state index >= 15 is 0 Å². The predicted octanol–water partition coefficient (Wildman–Crippen LogP) is 1.74. The van der Waals surface area contributed by atoms with Crippen molar-refractivity contribution in [3.05, 3.63) is 52.6 Å². The minimum absolute atomic E-state index is 0.394. The molecule has 1 saturated heterocycles. The third-order valence-electron chi connectivity index (χ3n) is 4.07. The van der Waals surface area contributed by atoms with Gasteiger partial charge in [0.15, 0.2) is 0 Å². The average Bonchev–Trinajstić information content (AvgIpc) is 3.27. The van der Waals surface area contributed by atoms with Gasteiger partial charge < -0.3 is 9.32 Å². The van der Waals surface area contributed by atoms with Gasteiger partial charge >= 0.3 is 5.76 Å². The van der Waals surface area contributed by atoms with Crippen molar-refractivity contribution >= 4 is 17.0 Å². The van der Waals surface area contributed by atoms with Crippen LogP contribution in [0, 0.1) is 0 Å². The highest BCUT2D eigenvalue weighted by Crippen LogP contribution is 2.21. The second kappa shape index (κ2) is 6.58. The fraction of sp³-hybridized carbons (Fsp3) is 0.312. The van der Waals surface area contributed by atoms with Gasteiger partial charge in [0.25, 0.3) is 5.89 Å². The van der Waals surface area contributed by atoms with Crippen molar-refractivity contribution in [1.29, 1.82) is 0 Å². The third kappa shape index (κ3) is 3.10. The SMILES string of the molecule is O=c1oc(-c2cccs2)nn1CN1CCN(c2ccncc2)CC1. The van der Waals surface area contributed by atoms with Gasteiger partial charge in [-0.05, 0) is 23.6 Å². The van der Waals surface area contributed by atoms with Crippen molar-refractivity contribution in [2.75, 3.05) is 31.1 Å². The largest absolute Gasteiger partial charge is 0.438 e. The molecule has 7 nitrogen and oxygen atoms in total. The summed E-state index contributed by atoms with van der Waals surface area (Å²) < 4.78 is 6.65. The number of piperazine rings is 1. The van der Waals surface area contributed by atoms with Crippen LogP contribution in [0.3, 0.4) is 0 Å². The first-order valence-electron chi connectivity index (χ1n) is 7.79. The maximum Gasteiger partial charge on any atom is 0.438 e. The molecule has 0 atom stereocenters. The molecule has 124 valence electrons. The van der Waals surface area contributed by atoms with E-state index in [4.69, 9.17) is 4.42 Å². The number of nitrogens with zero attached hydrogens (tertiary/aromatic N) is 5. The number of hydrogen-bond donors (Lipinski definition) is 0. The van der Waals surface area contributed by atoms with E-state index in [-0.39, 0.29) is 0 Å². The molecule has 1 fully saturated rings. The van der Waals surface area contributed by atoms with E-state index in [0.717, 1.165) is 31.1 Å². The van der Waals surface area contributed by atoms with E-state index in [1.54, 1.807) is 0 Å². The van der Waals surface area contributed by atoms with E-state index in [9.17, 15) is 4.79 Å². The fourth-order valence-electron chi connectivity index (χ4n) is 2.79. The summed E-state index contributed by atoms with van der Waals surface area (Å²) in [7, 11) is 0. The van der Waals surface area contributed by atoms with Crippen LogP contribution in [-0.2, 0) is 6.67 Å². The molecule has 0 bridgehead atoms. The topological polar surface area (TPSA) is 67.4 Å². The van der Waals surface area contributed by atoms with E-state index in [1.807, 2.05) is 42.0 Å². The van der Waals surface area contributed by atoms with Gasteiger partial charge in [0.05, 0.1) is 4.88 Å². The normalized spacial score (nSPS) is 15.8. The van der Waals surface area contributed by atoms with Gasteiger partial charge in [0.2, 0.25) is 0 Å². The van der Waals surface area contributed by atoms with Crippen LogP contribution in [0.5, 0.6) is 0 Å². The molecule has 0 spiro atoms. The monoisotopic (exact) mass is 343 g/mol. The minimum atomic E-state index is -0.407. The first kappa shape index (κ1) is 15.1. The van der Waals surface area contributed by atoms with Crippen LogP contribution in [0.2, 0.25) is 0 Å². The van der Waals surface area contributed by atoms with Crippen LogP contribution in [0.4, 0.5) is 5.69 Å². The Kier molecular flexibility index (Phi) is 4.14. The summed E-state index contributed by atoms with van der Waals surface area (Å²) in [5.74, 6) is -0.0135. The van der Waals surface area contributed by atoms with Crippen LogP contribution in [-0.4, -0.2) is 45.8 Å². The smallest absolute Gasteiger partial charge is 0.387 e. The molecular formula is C16H17N5O2S. The van der Waals surface area contributed by atoms with Crippen molar-refractivity contribution in [3.63, 3.8) is 0 Å². The lowest BCUT2D eigenvalue weighted by Crippen LogP contribution is -2.47. The maximum absolute atomic E-state index is 12.0. The first-order valence-corrected chi connectivity index (χ1v) is 8.67. The van der Waals surface area contributed by atoms with Gasteiger partial charge in [-0.25, -0.2) is 4.79 Å². The van der Waals surface area contributed by atoms with Crippen LogP contribution in [0.1, 0.15) is 0 Å². The van der Waals surface area contributed by atoms with Crippen LogP contribution >= 0.6 is 11.3 Å². The van der Waals surface area contributed by atoms with E-state index in [2.05, 4.69) is 19.9 Å². The van der Waals surface area contributed by atoms with Crippen molar-refractivity contribution in [2.45, 2.75) is 6.67 Å². The van der Waals surface area contributed by atoms with E-state index in [1.165, 1.54) is 21.7 Å². The molecule has 1 aliphatic heterocycles. The van der Waals surface area contributed by atoms with Gasteiger partial charge in [-0.1, -0.05) is 6.07 Å². The van der Waals surface area contributed by atoms with Crippen molar-refractivity contribution < 1.29 is 4.42 Å². The molecule has 0 N–H and O–H groups in total. The summed E-state index contributed by atoms with van der Waals surface area (Å²) in [6.07, 6.45) is 3.62. The molecule has 4 heterocycles. The van der Waals surface area contributed by atoms with Crippen LogP contribution < -0.4 is 10.7 Å². The second-order valence-corrected chi connectivity index (χ2v) is 6.55. The van der Waals surface area contributed by atoms with E-state index < -0.39 is 5.76 Å². The highest BCUT2D eigenvalue weighted by Gasteiger charge is 2.19. The fourth-order valence-corrected chi connectivity index (χ4v) is 3.43. The van der Waals surface area contributed by atoms with Gasteiger partial charge in [0.1, 0.15) is 6.67 Å². The zero-order chi connectivity index (χ0) is 16.4. The molecular weight excluding hydrogens is 326 g/mol. The lowest BCUT2D eigenvalue weighted by molar-refractivity contribution is 0.189. The molecule has 3 aromatic rings. The maximum atomic E-state index is 12.0. The summed E-state index contributed by atoms with van der Waals surface area (Å²) in [6, 6.07) is 7.85. The standard InChI is InChI=1S/C16H17N5O2S/c22-16-21(18-15(23-16)14-2-1-11-24-14)12-19-7-9-20(10-8-19)13-3-5-17-6-4-13/h1-6,11H,7-10,12H2. The zero-order valence-electron chi connectivity index (χ0n) is 13.0. The number of anilines is 1. The molecule has 3 aromatic heterocycles. The minimum Gasteiger partial charge on any atom is -0.387 e. The number of rotatable bonds is 4. The molecule has 0 saturated carbocycles. The van der Waals surface area contributed by atoms with Crippen LogP contribution in [0.15, 0.2) is 51.3 Å². The highest BCUT2D eigenvalue weighted by atomic mass is 32.1. The molecule has 0 aromatic carbocycles. The molecule has 4 rings (SSSR count). The predicted molar refractivity (Wildman–Crippen MR) is 92.1 cm³/mol. The van der Waals surface area contributed by atoms with Gasteiger partial charge in [0, 0.05) is 44.3 Å². The lowest BCUT2D eigenvalue weighted by atomic mass is 10.3. The molecule has 24 heavy (non-hydrogen) atoms. The third-order valence-corrected chi connectivity index (χ3v) is 4.93. The Labute approximate surface area is 142 Å². The molecule has 8 heteroatoms. The van der Waals surface area contributed by atoms with Crippen molar-refractivity contribution in [1.82, 2.24) is 19.7 Å². The van der Waals surface area contributed by atoms with Crippen molar-refractivity contribution in [2.24, 2.45) is 0 Å². The quantitative estimate of drug-likeness (QED) is 0.719. The van der Waals surface area contributed by atoms with Crippen molar-refractivity contribution in [3.8, 4) is 10.8 Å². The summed E-state index contributed by atoms with van der Waals surface area (Å²) in [5.41, 5.74) is 1.18. The molecule has 0 radical (unpaired) electrons. The number of hydrogen-bond acceptors (Lipinski definition) is 7. The summed E-state index contributed by atoms with van der Waals surface area (Å²) in [6.45, 7) is 4.02. The molecule has 1 aliphatic rings. The van der Waals surface area contributed by atoms with E-state index in [0.29, 0.717) is 12.6 Å². The Bertz CT molecular complexity index is 835. The van der Waals surface area contributed by atoms with Crippen LogP contribution in [0.25, 0.3) is 10.8 Å². The molecule has 0 amide bonds. The number of thiophene rings is 1. The zero-order valence-corrected chi connectivity index (χ0v) is 13.9. The lowest BCUT2D eigenvalue weighted by Gasteiger charge is -2.35. The van der Waals surface area contributed by atoms with Gasteiger partial charge in [-0.3, -0.25) is 9.88 Å². The molecule has 0 aliphatic carbocycles. The van der Waals surface area contributed by atoms with Gasteiger partial charge in [-0.2, -0.15) is 4.68 Å². The summed E-state index contributed by atoms with van der Waals surface area (Å²) >= 11 is 1.51. The highest BCUT2D eigenvalue weighted by molar-refractivity contribution is 7.13. The Morgan fingerprint density at radius 3 is 2.62 bits per heavy atom. The average molecular weight is 343 g/mol. The Morgan fingerprint density at radius 2 is 1.92 bits per heavy atom.